The molecule has 0 bridgehead atoms. The van der Waals surface area contributed by atoms with E-state index in [0.29, 0.717) is 18.1 Å². The first-order valence-electron chi connectivity index (χ1n) is 3.22. The molecule has 1 rings (SSSR count). The van der Waals surface area contributed by atoms with Crippen LogP contribution >= 0.6 is 0 Å². The van der Waals surface area contributed by atoms with Gasteiger partial charge in [0, 0.05) is 18.1 Å². The first kappa shape index (κ1) is 6.05. The van der Waals surface area contributed by atoms with Crippen LogP contribution in [0.15, 0.2) is 0 Å². The molecular formula is C6H14N2. The maximum Gasteiger partial charge on any atom is 0.0237 e. The van der Waals surface area contributed by atoms with Gasteiger partial charge in [0.2, 0.25) is 0 Å². The van der Waals surface area contributed by atoms with Crippen LogP contribution in [0.2, 0.25) is 0 Å². The summed E-state index contributed by atoms with van der Waals surface area (Å²) in [5.41, 5.74) is 5.55. The van der Waals surface area contributed by atoms with Gasteiger partial charge in [-0.05, 0) is 6.42 Å². The molecule has 0 spiro atoms. The lowest BCUT2D eigenvalue weighted by Gasteiger charge is -2.04. The monoisotopic (exact) mass is 114 g/mol. The van der Waals surface area contributed by atoms with Gasteiger partial charge in [-0.1, -0.05) is 13.8 Å². The molecule has 1 fully saturated rings. The van der Waals surface area contributed by atoms with Crippen molar-refractivity contribution in [2.24, 2.45) is 5.73 Å². The van der Waals surface area contributed by atoms with Crippen molar-refractivity contribution in [3.05, 3.63) is 0 Å². The van der Waals surface area contributed by atoms with Crippen LogP contribution in [-0.4, -0.2) is 18.1 Å². The van der Waals surface area contributed by atoms with Crippen LogP contribution in [-0.2, 0) is 0 Å². The van der Waals surface area contributed by atoms with E-state index in [9.17, 15) is 0 Å². The van der Waals surface area contributed by atoms with Gasteiger partial charge >= 0.3 is 0 Å². The summed E-state index contributed by atoms with van der Waals surface area (Å²) in [6, 6.07) is 1.65. The normalized spacial score (nSPS) is 36.0. The summed E-state index contributed by atoms with van der Waals surface area (Å²) in [5, 5.41) is 3.34. The van der Waals surface area contributed by atoms with Crippen molar-refractivity contribution < 1.29 is 0 Å². The number of rotatable bonds is 2. The highest BCUT2D eigenvalue weighted by Crippen LogP contribution is 2.17. The second-order valence-electron chi connectivity index (χ2n) is 2.83. The smallest absolute Gasteiger partial charge is 0.0237 e. The van der Waals surface area contributed by atoms with Crippen molar-refractivity contribution in [3.63, 3.8) is 0 Å². The van der Waals surface area contributed by atoms with E-state index in [2.05, 4.69) is 19.2 Å². The van der Waals surface area contributed by atoms with E-state index < -0.39 is 0 Å². The van der Waals surface area contributed by atoms with Crippen molar-refractivity contribution in [1.29, 1.82) is 0 Å². The molecule has 0 aliphatic heterocycles. The van der Waals surface area contributed by atoms with Crippen molar-refractivity contribution in [2.75, 3.05) is 0 Å². The Morgan fingerprint density at radius 1 is 1.62 bits per heavy atom. The predicted octanol–water partition coefficient (Wildman–Crippen LogP) is 0.0840. The Morgan fingerprint density at radius 2 is 2.12 bits per heavy atom. The van der Waals surface area contributed by atoms with Gasteiger partial charge in [-0.25, -0.2) is 0 Å². The zero-order valence-corrected chi connectivity index (χ0v) is 5.52. The van der Waals surface area contributed by atoms with Gasteiger partial charge < -0.3 is 11.1 Å². The number of hydrogen-bond donors (Lipinski definition) is 2. The quantitative estimate of drug-likeness (QED) is 0.533. The minimum absolute atomic E-state index is 0.442. The molecule has 0 heterocycles. The highest BCUT2D eigenvalue weighted by Gasteiger charge is 2.32. The summed E-state index contributed by atoms with van der Waals surface area (Å²) in [5.74, 6) is 0. The van der Waals surface area contributed by atoms with E-state index in [-0.39, 0.29) is 0 Å². The summed E-state index contributed by atoms with van der Waals surface area (Å²) in [4.78, 5) is 0. The molecule has 0 radical (unpaired) electrons. The minimum Gasteiger partial charge on any atom is -0.326 e. The van der Waals surface area contributed by atoms with Crippen molar-refractivity contribution >= 4 is 0 Å². The Bertz CT molecular complexity index is 80.6. The fraction of sp³-hybridized carbons (Fsp3) is 1.00. The Labute approximate surface area is 50.4 Å². The Hall–Kier alpha value is -0.0800. The Balaban J connectivity index is 2.05. The van der Waals surface area contributed by atoms with Crippen molar-refractivity contribution in [1.82, 2.24) is 5.32 Å². The second-order valence-corrected chi connectivity index (χ2v) is 2.83. The third kappa shape index (κ3) is 1.46. The summed E-state index contributed by atoms with van der Waals surface area (Å²) in [6.45, 7) is 4.29. The summed E-state index contributed by atoms with van der Waals surface area (Å²) in [7, 11) is 0. The van der Waals surface area contributed by atoms with Gasteiger partial charge in [0.15, 0.2) is 0 Å². The van der Waals surface area contributed by atoms with E-state index in [4.69, 9.17) is 5.73 Å². The molecule has 2 nitrogen and oxygen atoms in total. The molecule has 3 N–H and O–H groups in total. The average molecular weight is 114 g/mol. The molecule has 8 heavy (non-hydrogen) atoms. The lowest BCUT2D eigenvalue weighted by molar-refractivity contribution is 0.575. The van der Waals surface area contributed by atoms with Crippen LogP contribution in [0.3, 0.4) is 0 Å². The summed E-state index contributed by atoms with van der Waals surface area (Å²) < 4.78 is 0. The van der Waals surface area contributed by atoms with Crippen molar-refractivity contribution in [3.8, 4) is 0 Å². The molecule has 2 unspecified atom stereocenters. The van der Waals surface area contributed by atoms with Crippen molar-refractivity contribution in [2.45, 2.75) is 38.4 Å². The first-order valence-corrected chi connectivity index (χ1v) is 3.22. The fourth-order valence-electron chi connectivity index (χ4n) is 0.834. The lowest BCUT2D eigenvalue weighted by atomic mass is 10.4. The third-order valence-electron chi connectivity index (χ3n) is 1.39. The van der Waals surface area contributed by atoms with Gasteiger partial charge in [-0.15, -0.1) is 0 Å². The molecule has 1 aliphatic carbocycles. The largest absolute Gasteiger partial charge is 0.326 e. The van der Waals surface area contributed by atoms with Crippen LogP contribution in [0, 0.1) is 0 Å². The first-order chi connectivity index (χ1) is 3.70. The van der Waals surface area contributed by atoms with Crippen LogP contribution in [0.4, 0.5) is 0 Å². The molecule has 48 valence electrons. The van der Waals surface area contributed by atoms with E-state index in [1.807, 2.05) is 0 Å². The highest BCUT2D eigenvalue weighted by molar-refractivity contribution is 4.97. The maximum absolute atomic E-state index is 5.55. The molecule has 1 aliphatic rings. The Kier molecular flexibility index (Phi) is 1.54. The molecule has 0 aromatic heterocycles. The zero-order chi connectivity index (χ0) is 6.15. The van der Waals surface area contributed by atoms with E-state index >= 15 is 0 Å². The maximum atomic E-state index is 5.55. The molecule has 0 saturated heterocycles. The number of nitrogens with one attached hydrogen (secondary N) is 1. The Morgan fingerprint density at radius 3 is 2.25 bits per heavy atom. The fourth-order valence-corrected chi connectivity index (χ4v) is 0.834. The van der Waals surface area contributed by atoms with Crippen LogP contribution in [0.25, 0.3) is 0 Å². The van der Waals surface area contributed by atoms with Gasteiger partial charge in [0.05, 0.1) is 0 Å². The molecule has 1 saturated carbocycles. The second kappa shape index (κ2) is 2.03. The number of nitrogens with two attached hydrogens (primary N) is 1. The SMILES string of the molecule is CC(C)NC1CC1N. The summed E-state index contributed by atoms with van der Waals surface area (Å²) in [6.07, 6.45) is 1.16. The molecule has 2 heteroatoms. The van der Waals surface area contributed by atoms with Crippen LogP contribution in [0.1, 0.15) is 20.3 Å². The minimum atomic E-state index is 0.442. The van der Waals surface area contributed by atoms with Gasteiger partial charge in [0.25, 0.3) is 0 Å². The van der Waals surface area contributed by atoms with Crippen LogP contribution < -0.4 is 11.1 Å². The molecule has 2 atom stereocenters. The zero-order valence-electron chi connectivity index (χ0n) is 5.52. The standard InChI is InChI=1S/C6H14N2/c1-4(2)8-6-3-5(6)7/h4-6,8H,3,7H2,1-2H3. The van der Waals surface area contributed by atoms with Gasteiger partial charge in [-0.2, -0.15) is 0 Å². The molecule has 0 amide bonds. The molecule has 0 aromatic rings. The lowest BCUT2D eigenvalue weighted by Crippen LogP contribution is -2.29. The van der Waals surface area contributed by atoms with E-state index in [1.54, 1.807) is 0 Å². The van der Waals surface area contributed by atoms with Crippen LogP contribution in [0.5, 0.6) is 0 Å². The van der Waals surface area contributed by atoms with E-state index in [1.165, 1.54) is 0 Å². The summed E-state index contributed by atoms with van der Waals surface area (Å²) >= 11 is 0. The number of hydrogen-bond acceptors (Lipinski definition) is 2. The highest BCUT2D eigenvalue weighted by atomic mass is 15.0. The topological polar surface area (TPSA) is 38.0 Å². The average Bonchev–Trinajstić information content (AvgIpc) is 2.17. The molecule has 0 aromatic carbocycles. The predicted molar refractivity (Wildman–Crippen MR) is 34.7 cm³/mol. The van der Waals surface area contributed by atoms with Gasteiger partial charge in [-0.3, -0.25) is 0 Å². The van der Waals surface area contributed by atoms with Gasteiger partial charge in [0.1, 0.15) is 0 Å². The third-order valence-corrected chi connectivity index (χ3v) is 1.39. The van der Waals surface area contributed by atoms with E-state index in [0.717, 1.165) is 6.42 Å². The molecular weight excluding hydrogens is 100 g/mol.